The number of ether oxygens (including phenoxy) is 1. The summed E-state index contributed by atoms with van der Waals surface area (Å²) in [5.41, 5.74) is 1.12. The molecule has 0 saturated heterocycles. The minimum atomic E-state index is -0.346. The van der Waals surface area contributed by atoms with Crippen LogP contribution >= 0.6 is 0 Å². The average Bonchev–Trinajstić information content (AvgIpc) is 3.24. The van der Waals surface area contributed by atoms with Gasteiger partial charge in [-0.1, -0.05) is 24.5 Å². The van der Waals surface area contributed by atoms with E-state index in [1.54, 1.807) is 42.2 Å². The maximum Gasteiger partial charge on any atom is 0.322 e. The Morgan fingerprint density at radius 3 is 2.96 bits per heavy atom. The Kier molecular flexibility index (Phi) is 5.08. The molecule has 0 spiro atoms. The first-order valence-electron chi connectivity index (χ1n) is 8.03. The fourth-order valence-corrected chi connectivity index (χ4v) is 2.19. The van der Waals surface area contributed by atoms with Crippen LogP contribution in [-0.2, 0) is 7.05 Å². The topological polar surface area (TPSA) is 95.1 Å². The third kappa shape index (κ3) is 4.03. The van der Waals surface area contributed by atoms with E-state index in [1.807, 2.05) is 6.07 Å². The van der Waals surface area contributed by atoms with E-state index < -0.39 is 0 Å². The summed E-state index contributed by atoms with van der Waals surface area (Å²) in [5, 5.41) is 14.4. The minimum absolute atomic E-state index is 0.0264. The monoisotopic (exact) mass is 341 g/mol. The number of carbonyl (C=O) groups excluding carboxylic acids is 1. The maximum absolute atomic E-state index is 12.3. The lowest BCUT2D eigenvalue weighted by Gasteiger charge is -2.07. The predicted molar refractivity (Wildman–Crippen MR) is 91.3 cm³/mol. The number of unbranched alkanes of at least 4 members (excludes halogenated alkanes) is 1. The van der Waals surface area contributed by atoms with Crippen LogP contribution in [0.3, 0.4) is 0 Å². The van der Waals surface area contributed by atoms with Crippen LogP contribution in [0, 0.1) is 0 Å². The molecule has 0 fully saturated rings. The van der Waals surface area contributed by atoms with Crippen molar-refractivity contribution in [2.45, 2.75) is 19.8 Å². The van der Waals surface area contributed by atoms with Gasteiger partial charge in [0.15, 0.2) is 0 Å². The third-order valence-corrected chi connectivity index (χ3v) is 3.55. The van der Waals surface area contributed by atoms with Gasteiger partial charge in [-0.05, 0) is 30.7 Å². The number of hydrogen-bond acceptors (Lipinski definition) is 6. The van der Waals surface area contributed by atoms with Gasteiger partial charge in [0.05, 0.1) is 6.61 Å². The zero-order valence-electron chi connectivity index (χ0n) is 14.1. The summed E-state index contributed by atoms with van der Waals surface area (Å²) < 4.78 is 12.7. The highest BCUT2D eigenvalue weighted by Crippen LogP contribution is 2.20. The van der Waals surface area contributed by atoms with Crippen molar-refractivity contribution in [2.75, 3.05) is 11.9 Å². The Bertz CT molecular complexity index is 855. The number of amides is 1. The zero-order chi connectivity index (χ0) is 17.6. The van der Waals surface area contributed by atoms with Crippen molar-refractivity contribution in [3.05, 3.63) is 42.1 Å². The lowest BCUT2D eigenvalue weighted by Crippen LogP contribution is -2.12. The molecule has 8 nitrogen and oxygen atoms in total. The van der Waals surface area contributed by atoms with Crippen molar-refractivity contribution in [1.82, 2.24) is 20.0 Å². The van der Waals surface area contributed by atoms with Gasteiger partial charge in [-0.2, -0.15) is 5.10 Å². The van der Waals surface area contributed by atoms with Crippen molar-refractivity contribution >= 4 is 11.9 Å². The van der Waals surface area contributed by atoms with Crippen LogP contribution in [0.5, 0.6) is 5.75 Å². The van der Waals surface area contributed by atoms with Gasteiger partial charge in [-0.3, -0.25) is 14.8 Å². The number of aryl methyl sites for hydroxylation is 1. The molecule has 2 heterocycles. The summed E-state index contributed by atoms with van der Waals surface area (Å²) in [6.45, 7) is 2.72. The average molecular weight is 341 g/mol. The fourth-order valence-electron chi connectivity index (χ4n) is 2.19. The number of benzene rings is 1. The summed E-state index contributed by atoms with van der Waals surface area (Å²) in [6, 6.07) is 8.74. The van der Waals surface area contributed by atoms with Crippen LogP contribution in [-0.4, -0.2) is 32.5 Å². The molecule has 130 valence electrons. The van der Waals surface area contributed by atoms with Crippen LogP contribution in [0.2, 0.25) is 0 Å². The lowest BCUT2D eigenvalue weighted by atomic mass is 10.2. The Hall–Kier alpha value is -3.16. The molecule has 3 aromatic rings. The van der Waals surface area contributed by atoms with E-state index in [0.29, 0.717) is 23.6 Å². The molecule has 1 N–H and O–H groups in total. The van der Waals surface area contributed by atoms with Crippen LogP contribution in [0.15, 0.2) is 40.9 Å². The maximum atomic E-state index is 12.3. The van der Waals surface area contributed by atoms with Crippen molar-refractivity contribution < 1.29 is 13.9 Å². The predicted octanol–water partition coefficient (Wildman–Crippen LogP) is 2.90. The Balaban J connectivity index is 1.67. The highest BCUT2D eigenvalue weighted by atomic mass is 16.5. The molecular weight excluding hydrogens is 322 g/mol. The molecule has 0 unspecified atom stereocenters. The smallest absolute Gasteiger partial charge is 0.322 e. The fraction of sp³-hybridized carbons (Fsp3) is 0.294. The number of aromatic nitrogens is 4. The molecule has 0 atom stereocenters. The number of nitrogens with one attached hydrogen (secondary N) is 1. The number of nitrogens with zero attached hydrogens (tertiary/aromatic N) is 4. The molecule has 2 aromatic heterocycles. The second-order valence-electron chi connectivity index (χ2n) is 5.44. The second-order valence-corrected chi connectivity index (χ2v) is 5.44. The zero-order valence-corrected chi connectivity index (χ0v) is 14.1. The molecule has 1 aromatic carbocycles. The van der Waals surface area contributed by atoms with Crippen LogP contribution < -0.4 is 10.1 Å². The van der Waals surface area contributed by atoms with Crippen molar-refractivity contribution in [3.8, 4) is 17.3 Å². The van der Waals surface area contributed by atoms with Gasteiger partial charge >= 0.3 is 6.01 Å². The van der Waals surface area contributed by atoms with E-state index >= 15 is 0 Å². The molecule has 0 aliphatic heterocycles. The minimum Gasteiger partial charge on any atom is -0.494 e. The van der Waals surface area contributed by atoms with E-state index in [4.69, 9.17) is 9.15 Å². The lowest BCUT2D eigenvalue weighted by molar-refractivity contribution is 0.102. The molecule has 0 bridgehead atoms. The summed E-state index contributed by atoms with van der Waals surface area (Å²) in [7, 11) is 1.77. The van der Waals surface area contributed by atoms with Crippen molar-refractivity contribution in [1.29, 1.82) is 0 Å². The summed E-state index contributed by atoms with van der Waals surface area (Å²) in [5.74, 6) is 0.593. The highest BCUT2D eigenvalue weighted by molar-refractivity contribution is 6.03. The largest absolute Gasteiger partial charge is 0.494 e. The first kappa shape index (κ1) is 16.7. The summed E-state index contributed by atoms with van der Waals surface area (Å²) in [4.78, 5) is 12.3. The number of hydrogen-bond donors (Lipinski definition) is 1. The highest BCUT2D eigenvalue weighted by Gasteiger charge is 2.15. The molecule has 0 aliphatic carbocycles. The molecule has 3 rings (SSSR count). The Labute approximate surface area is 144 Å². The molecule has 1 amide bonds. The van der Waals surface area contributed by atoms with Gasteiger partial charge in [0.2, 0.25) is 0 Å². The van der Waals surface area contributed by atoms with E-state index in [0.717, 1.165) is 12.8 Å². The van der Waals surface area contributed by atoms with Gasteiger partial charge in [-0.25, -0.2) is 0 Å². The van der Waals surface area contributed by atoms with Crippen LogP contribution in [0.1, 0.15) is 30.1 Å². The molecule has 0 aliphatic rings. The molecule has 0 saturated carbocycles. The number of anilines is 1. The number of carbonyl (C=O) groups is 1. The standard InChI is InChI=1S/C17H19N5O3/c1-3-4-10-24-13-7-5-6-12(11-13)15(23)19-17-21-20-16(25-17)14-8-9-18-22(14)2/h5-9,11H,3-4,10H2,1-2H3,(H,19,21,23). The number of rotatable bonds is 7. The SMILES string of the molecule is CCCCOc1cccc(C(=O)Nc2nnc(-c3ccnn3C)o2)c1. The molecular formula is C17H19N5O3. The summed E-state index contributed by atoms with van der Waals surface area (Å²) >= 11 is 0. The van der Waals surface area contributed by atoms with Gasteiger partial charge in [0.25, 0.3) is 11.8 Å². The Morgan fingerprint density at radius 1 is 1.32 bits per heavy atom. The van der Waals surface area contributed by atoms with Gasteiger partial charge in [0, 0.05) is 18.8 Å². The molecule has 8 heteroatoms. The van der Waals surface area contributed by atoms with Gasteiger partial charge in [0.1, 0.15) is 11.4 Å². The van der Waals surface area contributed by atoms with Gasteiger partial charge in [-0.15, -0.1) is 5.10 Å². The first-order valence-corrected chi connectivity index (χ1v) is 8.03. The molecule has 0 radical (unpaired) electrons. The second kappa shape index (κ2) is 7.61. The quantitative estimate of drug-likeness (QED) is 0.664. The van der Waals surface area contributed by atoms with E-state index in [-0.39, 0.29) is 17.8 Å². The summed E-state index contributed by atoms with van der Waals surface area (Å²) in [6.07, 6.45) is 3.65. The van der Waals surface area contributed by atoms with E-state index in [1.165, 1.54) is 0 Å². The van der Waals surface area contributed by atoms with Crippen molar-refractivity contribution in [2.24, 2.45) is 7.05 Å². The molecule has 25 heavy (non-hydrogen) atoms. The van der Waals surface area contributed by atoms with Crippen molar-refractivity contribution in [3.63, 3.8) is 0 Å². The normalized spacial score (nSPS) is 10.6. The van der Waals surface area contributed by atoms with Crippen LogP contribution in [0.4, 0.5) is 6.01 Å². The van der Waals surface area contributed by atoms with E-state index in [9.17, 15) is 4.79 Å². The van der Waals surface area contributed by atoms with Gasteiger partial charge < -0.3 is 9.15 Å². The third-order valence-electron chi connectivity index (χ3n) is 3.55. The first-order chi connectivity index (χ1) is 12.2. The van der Waals surface area contributed by atoms with Crippen LogP contribution in [0.25, 0.3) is 11.6 Å². The van der Waals surface area contributed by atoms with E-state index in [2.05, 4.69) is 27.5 Å². The Morgan fingerprint density at radius 2 is 2.20 bits per heavy atom.